The Bertz CT molecular complexity index is 534. The fraction of sp³-hybridized carbons (Fsp3) is 0.222. The van der Waals surface area contributed by atoms with Gasteiger partial charge in [-0.2, -0.15) is 5.10 Å². The summed E-state index contributed by atoms with van der Waals surface area (Å²) in [5.74, 6) is -1.67. The number of nitrogens with zero attached hydrogens (tertiary/aromatic N) is 5. The Morgan fingerprint density at radius 3 is 2.56 bits per heavy atom. The third-order valence-corrected chi connectivity index (χ3v) is 2.23. The number of carboxylic acid groups (broad SMARTS) is 1. The molecular formula is C9H10N6O3. The van der Waals surface area contributed by atoms with Crippen LogP contribution in [0.1, 0.15) is 20.8 Å². The van der Waals surface area contributed by atoms with E-state index in [4.69, 9.17) is 10.8 Å². The summed E-state index contributed by atoms with van der Waals surface area (Å²) in [5.41, 5.74) is 5.29. The van der Waals surface area contributed by atoms with Crippen molar-refractivity contribution in [3.63, 3.8) is 0 Å². The van der Waals surface area contributed by atoms with Crippen LogP contribution in [0.25, 0.3) is 0 Å². The molecule has 0 aromatic carbocycles. The number of nitrogens with two attached hydrogens (primary N) is 1. The highest BCUT2D eigenvalue weighted by Gasteiger charge is 2.08. The SMILES string of the molecule is NC(=O)c1cnn(CCn2cc(C(=O)O)nn2)c1. The van der Waals surface area contributed by atoms with Crippen LogP contribution < -0.4 is 5.73 Å². The molecule has 0 bridgehead atoms. The highest BCUT2D eigenvalue weighted by Crippen LogP contribution is 1.98. The Morgan fingerprint density at radius 1 is 1.28 bits per heavy atom. The number of aromatic nitrogens is 5. The van der Waals surface area contributed by atoms with Crippen LogP contribution in [0.3, 0.4) is 0 Å². The van der Waals surface area contributed by atoms with Gasteiger partial charge in [-0.3, -0.25) is 9.48 Å². The number of rotatable bonds is 5. The molecule has 2 aromatic rings. The lowest BCUT2D eigenvalue weighted by molar-refractivity contribution is 0.0690. The van der Waals surface area contributed by atoms with E-state index in [2.05, 4.69) is 15.4 Å². The fourth-order valence-corrected chi connectivity index (χ4v) is 1.32. The monoisotopic (exact) mass is 250 g/mol. The van der Waals surface area contributed by atoms with Crippen LogP contribution in [0.4, 0.5) is 0 Å². The molecule has 2 aromatic heterocycles. The van der Waals surface area contributed by atoms with Gasteiger partial charge in [0.1, 0.15) is 0 Å². The van der Waals surface area contributed by atoms with Crippen LogP contribution in [0.5, 0.6) is 0 Å². The van der Waals surface area contributed by atoms with Gasteiger partial charge in [0.25, 0.3) is 5.91 Å². The van der Waals surface area contributed by atoms with E-state index in [-0.39, 0.29) is 5.69 Å². The largest absolute Gasteiger partial charge is 0.476 e. The van der Waals surface area contributed by atoms with Gasteiger partial charge >= 0.3 is 5.97 Å². The minimum atomic E-state index is -1.13. The molecule has 0 radical (unpaired) electrons. The third-order valence-electron chi connectivity index (χ3n) is 2.23. The second kappa shape index (κ2) is 4.65. The Labute approximate surface area is 101 Å². The van der Waals surface area contributed by atoms with Crippen molar-refractivity contribution in [3.8, 4) is 0 Å². The van der Waals surface area contributed by atoms with E-state index in [9.17, 15) is 9.59 Å². The molecule has 18 heavy (non-hydrogen) atoms. The first-order chi connectivity index (χ1) is 8.56. The Morgan fingerprint density at radius 2 is 2.00 bits per heavy atom. The zero-order valence-electron chi connectivity index (χ0n) is 9.22. The number of aryl methyl sites for hydroxylation is 2. The number of primary amides is 1. The number of hydrogen-bond donors (Lipinski definition) is 2. The van der Waals surface area contributed by atoms with Crippen molar-refractivity contribution in [3.05, 3.63) is 29.8 Å². The molecule has 2 rings (SSSR count). The summed E-state index contributed by atoms with van der Waals surface area (Å²) in [4.78, 5) is 21.4. The maximum Gasteiger partial charge on any atom is 0.358 e. The maximum absolute atomic E-state index is 10.8. The Balaban J connectivity index is 1.97. The van der Waals surface area contributed by atoms with Gasteiger partial charge in [0.2, 0.25) is 0 Å². The summed E-state index contributed by atoms with van der Waals surface area (Å²) in [6, 6.07) is 0. The lowest BCUT2D eigenvalue weighted by Gasteiger charge is -2.00. The van der Waals surface area contributed by atoms with Crippen molar-refractivity contribution < 1.29 is 14.7 Å². The van der Waals surface area contributed by atoms with Crippen molar-refractivity contribution in [2.75, 3.05) is 0 Å². The average molecular weight is 250 g/mol. The van der Waals surface area contributed by atoms with Gasteiger partial charge in [0.15, 0.2) is 5.69 Å². The zero-order valence-corrected chi connectivity index (χ0v) is 9.22. The standard InChI is InChI=1S/C9H10N6O3/c10-8(16)6-3-11-14(4-6)1-2-15-5-7(9(17)18)12-13-15/h3-5H,1-2H2,(H2,10,16)(H,17,18). The molecule has 9 heteroatoms. The number of amides is 1. The molecular weight excluding hydrogens is 240 g/mol. The first kappa shape index (κ1) is 11.8. The Kier molecular flexibility index (Phi) is 3.04. The number of carbonyl (C=O) groups is 2. The highest BCUT2D eigenvalue weighted by atomic mass is 16.4. The number of carbonyl (C=O) groups excluding carboxylic acids is 1. The minimum Gasteiger partial charge on any atom is -0.476 e. The van der Waals surface area contributed by atoms with E-state index >= 15 is 0 Å². The number of hydrogen-bond acceptors (Lipinski definition) is 5. The van der Waals surface area contributed by atoms with Gasteiger partial charge in [0.05, 0.1) is 31.0 Å². The summed E-state index contributed by atoms with van der Waals surface area (Å²) in [6.45, 7) is 0.815. The van der Waals surface area contributed by atoms with Gasteiger partial charge in [-0.05, 0) is 0 Å². The van der Waals surface area contributed by atoms with E-state index < -0.39 is 11.9 Å². The predicted molar refractivity (Wildman–Crippen MR) is 57.7 cm³/mol. The van der Waals surface area contributed by atoms with E-state index in [0.29, 0.717) is 18.7 Å². The Hall–Kier alpha value is -2.71. The molecule has 0 fully saturated rings. The second-order valence-electron chi connectivity index (χ2n) is 3.53. The van der Waals surface area contributed by atoms with E-state index in [1.54, 1.807) is 0 Å². The predicted octanol–water partition coefficient (Wildman–Crippen LogP) is -1.03. The summed E-state index contributed by atoms with van der Waals surface area (Å²) in [7, 11) is 0. The molecule has 0 aliphatic heterocycles. The molecule has 0 saturated heterocycles. The summed E-state index contributed by atoms with van der Waals surface area (Å²) >= 11 is 0. The van der Waals surface area contributed by atoms with Crippen molar-refractivity contribution >= 4 is 11.9 Å². The van der Waals surface area contributed by atoms with E-state index in [1.165, 1.54) is 28.0 Å². The molecule has 2 heterocycles. The van der Waals surface area contributed by atoms with Gasteiger partial charge < -0.3 is 10.8 Å². The molecule has 0 unspecified atom stereocenters. The molecule has 94 valence electrons. The van der Waals surface area contributed by atoms with Crippen molar-refractivity contribution in [1.82, 2.24) is 24.8 Å². The highest BCUT2D eigenvalue weighted by molar-refractivity contribution is 5.92. The average Bonchev–Trinajstić information content (AvgIpc) is 2.95. The lowest BCUT2D eigenvalue weighted by atomic mass is 10.3. The van der Waals surface area contributed by atoms with Gasteiger partial charge in [0, 0.05) is 6.20 Å². The molecule has 0 aliphatic carbocycles. The molecule has 0 atom stereocenters. The van der Waals surface area contributed by atoms with Gasteiger partial charge in [-0.25, -0.2) is 9.48 Å². The van der Waals surface area contributed by atoms with Crippen LogP contribution in [0, 0.1) is 0 Å². The maximum atomic E-state index is 10.8. The summed E-state index contributed by atoms with van der Waals surface area (Å²) in [6.07, 6.45) is 4.20. The van der Waals surface area contributed by atoms with E-state index in [0.717, 1.165) is 0 Å². The molecule has 1 amide bonds. The first-order valence-electron chi connectivity index (χ1n) is 5.02. The van der Waals surface area contributed by atoms with Crippen LogP contribution in [-0.2, 0) is 13.1 Å². The van der Waals surface area contributed by atoms with Crippen LogP contribution in [0.15, 0.2) is 18.6 Å². The quantitative estimate of drug-likeness (QED) is 0.698. The molecule has 0 saturated carbocycles. The fourth-order valence-electron chi connectivity index (χ4n) is 1.32. The van der Waals surface area contributed by atoms with Crippen molar-refractivity contribution in [1.29, 1.82) is 0 Å². The number of carboxylic acids is 1. The lowest BCUT2D eigenvalue weighted by Crippen LogP contribution is -2.10. The molecule has 0 aliphatic rings. The smallest absolute Gasteiger partial charge is 0.358 e. The van der Waals surface area contributed by atoms with Gasteiger partial charge in [-0.15, -0.1) is 5.10 Å². The van der Waals surface area contributed by atoms with Crippen molar-refractivity contribution in [2.45, 2.75) is 13.1 Å². The zero-order chi connectivity index (χ0) is 13.1. The molecule has 3 N–H and O–H groups in total. The van der Waals surface area contributed by atoms with Crippen LogP contribution in [0.2, 0.25) is 0 Å². The normalized spacial score (nSPS) is 10.4. The first-order valence-corrected chi connectivity index (χ1v) is 5.02. The third kappa shape index (κ3) is 2.51. The van der Waals surface area contributed by atoms with Crippen molar-refractivity contribution in [2.24, 2.45) is 5.73 Å². The molecule has 9 nitrogen and oxygen atoms in total. The van der Waals surface area contributed by atoms with Crippen LogP contribution >= 0.6 is 0 Å². The molecule has 0 spiro atoms. The van der Waals surface area contributed by atoms with Crippen LogP contribution in [-0.4, -0.2) is 41.8 Å². The summed E-state index contributed by atoms with van der Waals surface area (Å²) in [5, 5.41) is 19.7. The second-order valence-corrected chi connectivity index (χ2v) is 3.53. The number of aromatic carboxylic acids is 1. The summed E-state index contributed by atoms with van der Waals surface area (Å²) < 4.78 is 2.90. The topological polar surface area (TPSA) is 129 Å². The minimum absolute atomic E-state index is 0.117. The van der Waals surface area contributed by atoms with E-state index in [1.807, 2.05) is 0 Å². The van der Waals surface area contributed by atoms with Gasteiger partial charge in [-0.1, -0.05) is 5.21 Å².